The largest absolute Gasteiger partial charge is 0.396 e. The van der Waals surface area contributed by atoms with Gasteiger partial charge in [-0.3, -0.25) is 0 Å². The maximum absolute atomic E-state index is 13.3. The third-order valence-electron chi connectivity index (χ3n) is 3.54. The van der Waals surface area contributed by atoms with Gasteiger partial charge in [0.2, 0.25) is 10.0 Å². The average molecular weight is 367 g/mol. The number of benzene rings is 1. The van der Waals surface area contributed by atoms with E-state index in [9.17, 15) is 17.9 Å². The summed E-state index contributed by atoms with van der Waals surface area (Å²) in [6.07, 6.45) is 2.33. The van der Waals surface area contributed by atoms with Crippen molar-refractivity contribution >= 4 is 31.6 Å². The van der Waals surface area contributed by atoms with Gasteiger partial charge in [-0.25, -0.2) is 17.5 Å². The molecule has 1 aliphatic carbocycles. The van der Waals surface area contributed by atoms with Crippen LogP contribution in [-0.2, 0) is 10.0 Å². The van der Waals surface area contributed by atoms with Gasteiger partial charge in [-0.05, 0) is 46.8 Å². The summed E-state index contributed by atoms with van der Waals surface area (Å²) in [5, 5.41) is 9.23. The van der Waals surface area contributed by atoms with Crippen LogP contribution in [0.25, 0.3) is 0 Å². The molecule has 2 atom stereocenters. The van der Waals surface area contributed by atoms with Crippen LogP contribution in [0.5, 0.6) is 0 Å². The molecule has 2 unspecified atom stereocenters. The molecule has 0 aliphatic heterocycles. The molecule has 4 N–H and O–H groups in total. The number of rotatable bonds is 4. The predicted octanol–water partition coefficient (Wildman–Crippen LogP) is 1.61. The highest BCUT2D eigenvalue weighted by Crippen LogP contribution is 2.30. The highest BCUT2D eigenvalue weighted by atomic mass is 79.9. The zero-order chi connectivity index (χ0) is 14.9. The second kappa shape index (κ2) is 5.97. The van der Waals surface area contributed by atoms with Crippen LogP contribution in [0, 0.1) is 11.7 Å². The number of aliphatic hydroxyl groups is 1. The molecule has 2 rings (SSSR count). The first-order valence-electron chi connectivity index (χ1n) is 6.23. The Bertz CT molecular complexity index is 609. The Labute approximate surface area is 125 Å². The van der Waals surface area contributed by atoms with Crippen LogP contribution in [-0.4, -0.2) is 26.2 Å². The van der Waals surface area contributed by atoms with E-state index in [0.29, 0.717) is 6.42 Å². The van der Waals surface area contributed by atoms with Crippen molar-refractivity contribution in [2.75, 3.05) is 12.3 Å². The molecule has 0 heterocycles. The number of hydrogen-bond acceptors (Lipinski definition) is 4. The highest BCUT2D eigenvalue weighted by molar-refractivity contribution is 9.10. The van der Waals surface area contributed by atoms with E-state index < -0.39 is 15.8 Å². The third kappa shape index (κ3) is 3.13. The lowest BCUT2D eigenvalue weighted by Crippen LogP contribution is -2.38. The summed E-state index contributed by atoms with van der Waals surface area (Å²) < 4.78 is 40.6. The first-order chi connectivity index (χ1) is 9.35. The lowest BCUT2D eigenvalue weighted by Gasteiger charge is -2.19. The van der Waals surface area contributed by atoms with Crippen LogP contribution >= 0.6 is 15.9 Å². The molecule has 0 aromatic heterocycles. The van der Waals surface area contributed by atoms with Crippen molar-refractivity contribution in [1.82, 2.24) is 4.72 Å². The van der Waals surface area contributed by atoms with Gasteiger partial charge < -0.3 is 10.8 Å². The van der Waals surface area contributed by atoms with Crippen molar-refractivity contribution in [3.05, 3.63) is 22.4 Å². The predicted molar refractivity (Wildman–Crippen MR) is 77.0 cm³/mol. The summed E-state index contributed by atoms with van der Waals surface area (Å²) in [5.74, 6) is -0.758. The number of nitrogens with one attached hydrogen (secondary N) is 1. The quantitative estimate of drug-likeness (QED) is 0.705. The lowest BCUT2D eigenvalue weighted by atomic mass is 10.1. The number of nitrogens with two attached hydrogens (primary N) is 1. The molecule has 1 aliphatic rings. The van der Waals surface area contributed by atoms with Crippen LogP contribution in [0.15, 0.2) is 21.5 Å². The fourth-order valence-electron chi connectivity index (χ4n) is 2.42. The van der Waals surface area contributed by atoms with E-state index in [1.807, 2.05) is 0 Å². The van der Waals surface area contributed by atoms with E-state index in [4.69, 9.17) is 5.73 Å². The maximum Gasteiger partial charge on any atom is 0.242 e. The number of sulfonamides is 1. The molecule has 1 fully saturated rings. The molecule has 0 radical (unpaired) electrons. The third-order valence-corrected chi connectivity index (χ3v) is 5.99. The summed E-state index contributed by atoms with van der Waals surface area (Å²) >= 11 is 3.03. The Balaban J connectivity index is 2.29. The van der Waals surface area contributed by atoms with E-state index in [1.54, 1.807) is 0 Å². The van der Waals surface area contributed by atoms with Gasteiger partial charge in [0.15, 0.2) is 0 Å². The smallest absolute Gasteiger partial charge is 0.242 e. The van der Waals surface area contributed by atoms with Crippen molar-refractivity contribution in [2.24, 2.45) is 5.92 Å². The second-order valence-corrected chi connectivity index (χ2v) is 7.44. The van der Waals surface area contributed by atoms with Gasteiger partial charge in [-0.1, -0.05) is 6.42 Å². The molecule has 20 heavy (non-hydrogen) atoms. The van der Waals surface area contributed by atoms with E-state index in [2.05, 4.69) is 20.7 Å². The van der Waals surface area contributed by atoms with Gasteiger partial charge >= 0.3 is 0 Å². The minimum Gasteiger partial charge on any atom is -0.396 e. The molecule has 1 aromatic rings. The van der Waals surface area contributed by atoms with Crippen LogP contribution < -0.4 is 10.5 Å². The Morgan fingerprint density at radius 2 is 2.15 bits per heavy atom. The second-order valence-electron chi connectivity index (χ2n) is 4.91. The van der Waals surface area contributed by atoms with Crippen molar-refractivity contribution in [2.45, 2.75) is 30.2 Å². The van der Waals surface area contributed by atoms with E-state index >= 15 is 0 Å². The van der Waals surface area contributed by atoms with Gasteiger partial charge in [0.1, 0.15) is 5.82 Å². The molecule has 8 heteroatoms. The Morgan fingerprint density at radius 1 is 1.45 bits per heavy atom. The molecular weight excluding hydrogens is 351 g/mol. The van der Waals surface area contributed by atoms with Crippen LogP contribution in [0.3, 0.4) is 0 Å². The molecule has 0 spiro atoms. The molecule has 0 bridgehead atoms. The van der Waals surface area contributed by atoms with Crippen molar-refractivity contribution < 1.29 is 17.9 Å². The Morgan fingerprint density at radius 3 is 2.80 bits per heavy atom. The summed E-state index contributed by atoms with van der Waals surface area (Å²) in [6, 6.07) is 1.82. The molecule has 5 nitrogen and oxygen atoms in total. The molecule has 1 aromatic carbocycles. The molecule has 1 saturated carbocycles. The van der Waals surface area contributed by atoms with E-state index in [1.165, 1.54) is 0 Å². The maximum atomic E-state index is 13.3. The topological polar surface area (TPSA) is 92.4 Å². The summed E-state index contributed by atoms with van der Waals surface area (Å²) in [7, 11) is -3.81. The summed E-state index contributed by atoms with van der Waals surface area (Å²) in [6.45, 7) is -0.0556. The van der Waals surface area contributed by atoms with Crippen LogP contribution in [0.1, 0.15) is 19.3 Å². The van der Waals surface area contributed by atoms with Gasteiger partial charge in [-0.15, -0.1) is 0 Å². The van der Waals surface area contributed by atoms with Crippen molar-refractivity contribution in [3.63, 3.8) is 0 Å². The number of nitrogen functional groups attached to an aromatic ring is 1. The van der Waals surface area contributed by atoms with Gasteiger partial charge in [0.05, 0.1) is 10.6 Å². The van der Waals surface area contributed by atoms with Gasteiger partial charge in [-0.2, -0.15) is 0 Å². The minimum atomic E-state index is -3.81. The molecular formula is C12H16BrFN2O3S. The zero-order valence-electron chi connectivity index (χ0n) is 10.6. The standard InChI is InChI=1S/C12H16BrFN2O3S/c13-8-4-9(14)10(15)5-12(8)20(18,19)16-11-3-1-2-7(11)6-17/h4-5,7,11,16-17H,1-3,6,15H2. The Kier molecular flexibility index (Phi) is 4.68. The van der Waals surface area contributed by atoms with Gasteiger partial charge in [0, 0.05) is 17.1 Å². The summed E-state index contributed by atoms with van der Waals surface area (Å²) in [4.78, 5) is -0.0972. The molecule has 112 valence electrons. The van der Waals surface area contributed by atoms with Crippen molar-refractivity contribution in [1.29, 1.82) is 0 Å². The van der Waals surface area contributed by atoms with E-state index in [0.717, 1.165) is 25.0 Å². The monoisotopic (exact) mass is 366 g/mol. The molecule has 0 amide bonds. The normalized spacial score (nSPS) is 23.1. The fraction of sp³-hybridized carbons (Fsp3) is 0.500. The number of halogens is 2. The lowest BCUT2D eigenvalue weighted by molar-refractivity contribution is 0.213. The van der Waals surface area contributed by atoms with Crippen LogP contribution in [0.4, 0.5) is 10.1 Å². The summed E-state index contributed by atoms with van der Waals surface area (Å²) in [5.41, 5.74) is 5.20. The van der Waals surface area contributed by atoms with E-state index in [-0.39, 0.29) is 33.6 Å². The van der Waals surface area contributed by atoms with Crippen molar-refractivity contribution in [3.8, 4) is 0 Å². The number of aliphatic hydroxyl groups excluding tert-OH is 1. The minimum absolute atomic E-state index is 0.0556. The number of anilines is 1. The van der Waals surface area contributed by atoms with Crippen LogP contribution in [0.2, 0.25) is 0 Å². The Hall–Kier alpha value is -0.700. The first-order valence-corrected chi connectivity index (χ1v) is 8.50. The number of hydrogen-bond donors (Lipinski definition) is 3. The highest BCUT2D eigenvalue weighted by Gasteiger charge is 2.31. The fourth-order valence-corrected chi connectivity index (χ4v) is 4.81. The first kappa shape index (κ1) is 15.7. The zero-order valence-corrected chi connectivity index (χ0v) is 13.0. The van der Waals surface area contributed by atoms with Gasteiger partial charge in [0.25, 0.3) is 0 Å². The molecule has 0 saturated heterocycles. The average Bonchev–Trinajstić information content (AvgIpc) is 2.80. The SMILES string of the molecule is Nc1cc(S(=O)(=O)NC2CCCC2CO)c(Br)cc1F.